The van der Waals surface area contributed by atoms with Crippen molar-refractivity contribution in [1.29, 1.82) is 0 Å². The number of carbonyl (C=O) groups excluding carboxylic acids is 1. The standard InChI is InChI=1S/C16H22FNO3/c1-3-21-16(19)11-5-4-6-12(9-11)18-13-7-8-14(17)15(10-13)20-2/h7-8,10-12,18H,3-6,9H2,1-2H3. The van der Waals surface area contributed by atoms with Crippen molar-refractivity contribution in [2.24, 2.45) is 5.92 Å². The number of hydrogen-bond acceptors (Lipinski definition) is 4. The average molecular weight is 295 g/mol. The van der Waals surface area contributed by atoms with Gasteiger partial charge in [-0.1, -0.05) is 6.42 Å². The quantitative estimate of drug-likeness (QED) is 0.846. The molecule has 1 aromatic rings. The molecule has 1 aromatic carbocycles. The molecule has 1 N–H and O–H groups in total. The van der Waals surface area contributed by atoms with Crippen molar-refractivity contribution in [2.75, 3.05) is 19.0 Å². The zero-order chi connectivity index (χ0) is 15.2. The van der Waals surface area contributed by atoms with Crippen LogP contribution >= 0.6 is 0 Å². The summed E-state index contributed by atoms with van der Waals surface area (Å²) in [6.07, 6.45) is 3.61. The van der Waals surface area contributed by atoms with Crippen molar-refractivity contribution in [2.45, 2.75) is 38.6 Å². The highest BCUT2D eigenvalue weighted by Gasteiger charge is 2.28. The molecule has 1 aliphatic carbocycles. The zero-order valence-corrected chi connectivity index (χ0v) is 12.5. The largest absolute Gasteiger partial charge is 0.494 e. The summed E-state index contributed by atoms with van der Waals surface area (Å²) in [5.74, 6) is -0.312. The third-order valence-electron chi connectivity index (χ3n) is 3.82. The second kappa shape index (κ2) is 7.29. The minimum absolute atomic E-state index is 0.0430. The lowest BCUT2D eigenvalue weighted by molar-refractivity contribution is -0.149. The fourth-order valence-corrected chi connectivity index (χ4v) is 2.78. The van der Waals surface area contributed by atoms with E-state index in [4.69, 9.17) is 9.47 Å². The van der Waals surface area contributed by atoms with Crippen molar-refractivity contribution < 1.29 is 18.7 Å². The minimum atomic E-state index is -0.379. The molecular formula is C16H22FNO3. The van der Waals surface area contributed by atoms with E-state index >= 15 is 0 Å². The fourth-order valence-electron chi connectivity index (χ4n) is 2.78. The molecule has 0 bridgehead atoms. The van der Waals surface area contributed by atoms with E-state index in [1.807, 2.05) is 6.92 Å². The number of nitrogens with one attached hydrogen (secondary N) is 1. The van der Waals surface area contributed by atoms with Crippen LogP contribution in [0.25, 0.3) is 0 Å². The molecule has 0 radical (unpaired) electrons. The molecule has 0 amide bonds. The van der Waals surface area contributed by atoms with Gasteiger partial charge in [0.1, 0.15) is 0 Å². The maximum atomic E-state index is 13.4. The predicted molar refractivity (Wildman–Crippen MR) is 79.0 cm³/mol. The number of halogens is 1. The van der Waals surface area contributed by atoms with E-state index in [0.717, 1.165) is 31.4 Å². The second-order valence-electron chi connectivity index (χ2n) is 5.31. The van der Waals surface area contributed by atoms with Crippen molar-refractivity contribution in [3.63, 3.8) is 0 Å². The highest BCUT2D eigenvalue weighted by atomic mass is 19.1. The number of anilines is 1. The Bertz CT molecular complexity index is 492. The van der Waals surface area contributed by atoms with Crippen molar-refractivity contribution in [3.05, 3.63) is 24.0 Å². The van der Waals surface area contributed by atoms with Crippen LogP contribution in [-0.4, -0.2) is 25.7 Å². The van der Waals surface area contributed by atoms with Gasteiger partial charge in [-0.3, -0.25) is 4.79 Å². The molecule has 1 saturated carbocycles. The van der Waals surface area contributed by atoms with E-state index in [1.54, 1.807) is 12.1 Å². The predicted octanol–water partition coefficient (Wildman–Crippen LogP) is 3.37. The van der Waals surface area contributed by atoms with Gasteiger partial charge in [0.05, 0.1) is 19.6 Å². The van der Waals surface area contributed by atoms with Gasteiger partial charge in [-0.25, -0.2) is 4.39 Å². The maximum Gasteiger partial charge on any atom is 0.308 e. The summed E-state index contributed by atoms with van der Waals surface area (Å²) in [6.45, 7) is 2.24. The van der Waals surface area contributed by atoms with Gasteiger partial charge < -0.3 is 14.8 Å². The Morgan fingerprint density at radius 2 is 2.24 bits per heavy atom. The lowest BCUT2D eigenvalue weighted by Crippen LogP contribution is -2.32. The summed E-state index contributed by atoms with van der Waals surface area (Å²) in [5, 5.41) is 3.36. The molecule has 0 aromatic heterocycles. The molecular weight excluding hydrogens is 273 g/mol. The summed E-state index contributed by atoms with van der Waals surface area (Å²) in [5.41, 5.74) is 0.808. The lowest BCUT2D eigenvalue weighted by Gasteiger charge is -2.29. The van der Waals surface area contributed by atoms with E-state index in [2.05, 4.69) is 5.32 Å². The first-order valence-electron chi connectivity index (χ1n) is 7.40. The Kier molecular flexibility index (Phi) is 5.42. The van der Waals surface area contributed by atoms with Crippen LogP contribution in [0.1, 0.15) is 32.6 Å². The first-order chi connectivity index (χ1) is 10.1. The normalized spacial score (nSPS) is 21.7. The first-order valence-corrected chi connectivity index (χ1v) is 7.40. The number of esters is 1. The van der Waals surface area contributed by atoms with Gasteiger partial charge in [0.2, 0.25) is 0 Å². The molecule has 21 heavy (non-hydrogen) atoms. The smallest absolute Gasteiger partial charge is 0.308 e. The Morgan fingerprint density at radius 1 is 1.43 bits per heavy atom. The van der Waals surface area contributed by atoms with Crippen molar-refractivity contribution in [1.82, 2.24) is 0 Å². The summed E-state index contributed by atoms with van der Waals surface area (Å²) in [4.78, 5) is 11.8. The van der Waals surface area contributed by atoms with Gasteiger partial charge in [0.25, 0.3) is 0 Å². The SMILES string of the molecule is CCOC(=O)C1CCCC(Nc2ccc(F)c(OC)c2)C1. The first kappa shape index (κ1) is 15.6. The summed E-state index contributed by atoms with van der Waals surface area (Å²) in [7, 11) is 1.44. The highest BCUT2D eigenvalue weighted by Crippen LogP contribution is 2.29. The van der Waals surface area contributed by atoms with Gasteiger partial charge in [-0.15, -0.1) is 0 Å². The number of methoxy groups -OCH3 is 1. The number of benzene rings is 1. The molecule has 0 spiro atoms. The molecule has 116 valence electrons. The van der Waals surface area contributed by atoms with Gasteiger partial charge in [0, 0.05) is 17.8 Å². The Hall–Kier alpha value is -1.78. The Balaban J connectivity index is 1.97. The third kappa shape index (κ3) is 4.09. The van der Waals surface area contributed by atoms with Crippen LogP contribution < -0.4 is 10.1 Å². The molecule has 2 rings (SSSR count). The molecule has 0 heterocycles. The van der Waals surface area contributed by atoms with Gasteiger partial charge >= 0.3 is 5.97 Å². The molecule has 0 aliphatic heterocycles. The Labute approximate surface area is 124 Å². The third-order valence-corrected chi connectivity index (χ3v) is 3.82. The number of hydrogen-bond donors (Lipinski definition) is 1. The fraction of sp³-hybridized carbons (Fsp3) is 0.562. The van der Waals surface area contributed by atoms with Crippen LogP contribution in [0.2, 0.25) is 0 Å². The van der Waals surface area contributed by atoms with Crippen LogP contribution in [0.15, 0.2) is 18.2 Å². The van der Waals surface area contributed by atoms with E-state index in [0.29, 0.717) is 6.61 Å². The van der Waals surface area contributed by atoms with Crippen LogP contribution in [0.4, 0.5) is 10.1 Å². The van der Waals surface area contributed by atoms with Gasteiger partial charge in [-0.05, 0) is 38.3 Å². The minimum Gasteiger partial charge on any atom is -0.494 e. The number of rotatable bonds is 5. The summed E-state index contributed by atoms with van der Waals surface area (Å²) in [6, 6.07) is 4.91. The van der Waals surface area contributed by atoms with Crippen LogP contribution in [0.3, 0.4) is 0 Å². The van der Waals surface area contributed by atoms with E-state index in [1.165, 1.54) is 13.2 Å². The topological polar surface area (TPSA) is 47.6 Å². The zero-order valence-electron chi connectivity index (χ0n) is 12.5. The average Bonchev–Trinajstić information content (AvgIpc) is 2.50. The van der Waals surface area contributed by atoms with E-state index < -0.39 is 0 Å². The van der Waals surface area contributed by atoms with Crippen molar-refractivity contribution >= 4 is 11.7 Å². The van der Waals surface area contributed by atoms with Crippen LogP contribution in [-0.2, 0) is 9.53 Å². The molecule has 1 fully saturated rings. The lowest BCUT2D eigenvalue weighted by atomic mass is 9.85. The molecule has 1 aliphatic rings. The van der Waals surface area contributed by atoms with Gasteiger partial charge in [0.15, 0.2) is 11.6 Å². The maximum absolute atomic E-state index is 13.4. The van der Waals surface area contributed by atoms with Crippen LogP contribution in [0, 0.1) is 11.7 Å². The molecule has 5 heteroatoms. The number of ether oxygens (including phenoxy) is 2. The summed E-state index contributed by atoms with van der Waals surface area (Å²) < 4.78 is 23.5. The Morgan fingerprint density at radius 3 is 2.95 bits per heavy atom. The second-order valence-corrected chi connectivity index (χ2v) is 5.31. The molecule has 0 saturated heterocycles. The van der Waals surface area contributed by atoms with E-state index in [-0.39, 0.29) is 29.5 Å². The van der Waals surface area contributed by atoms with E-state index in [9.17, 15) is 9.18 Å². The summed E-state index contributed by atoms with van der Waals surface area (Å²) >= 11 is 0. The molecule has 2 unspecified atom stereocenters. The monoisotopic (exact) mass is 295 g/mol. The molecule has 2 atom stereocenters. The highest BCUT2D eigenvalue weighted by molar-refractivity contribution is 5.72. The van der Waals surface area contributed by atoms with Gasteiger partial charge in [-0.2, -0.15) is 0 Å². The van der Waals surface area contributed by atoms with Crippen LogP contribution in [0.5, 0.6) is 5.75 Å². The molecule has 4 nitrogen and oxygen atoms in total. The van der Waals surface area contributed by atoms with Crippen molar-refractivity contribution in [3.8, 4) is 5.75 Å². The number of carbonyl (C=O) groups is 1.